The average molecular weight is 527 g/mol. The van der Waals surface area contributed by atoms with Crippen LogP contribution in [0.15, 0.2) is 66.7 Å². The van der Waals surface area contributed by atoms with Crippen LogP contribution in [0.3, 0.4) is 0 Å². The van der Waals surface area contributed by atoms with Gasteiger partial charge in [0.05, 0.1) is 24.9 Å². The number of hydrogen-bond donors (Lipinski definition) is 2. The third-order valence-corrected chi connectivity index (χ3v) is 5.35. The quantitative estimate of drug-likeness (QED) is 0.302. The molecule has 194 valence electrons. The number of nitrogens with one attached hydrogen (secondary N) is 2. The van der Waals surface area contributed by atoms with Crippen LogP contribution < -0.4 is 24.8 Å². The normalized spacial score (nSPS) is 10.2. The van der Waals surface area contributed by atoms with Crippen molar-refractivity contribution in [1.82, 2.24) is 0 Å². The molecule has 0 saturated heterocycles. The lowest BCUT2D eigenvalue weighted by molar-refractivity contribution is -0.147. The predicted molar refractivity (Wildman–Crippen MR) is 140 cm³/mol. The first-order valence-corrected chi connectivity index (χ1v) is 11.8. The van der Waals surface area contributed by atoms with Gasteiger partial charge in [-0.3, -0.25) is 14.4 Å². The standard InChI is InChI=1S/C27H27ClN2O7/c1-34-20-14-15-22(24(16-20)35-2)30-26(32)17-36-27(33)9-5-8-25(31)29-18-10-12-19(13-11-18)37-23-7-4-3-6-21(23)28/h3-4,6-7,10-16H,5,8-9,17H2,1-2H3,(H,29,31)(H,30,32). The van der Waals surface area contributed by atoms with Crippen LogP contribution in [0.5, 0.6) is 23.0 Å². The predicted octanol–water partition coefficient (Wildman–Crippen LogP) is 5.44. The Hall–Kier alpha value is -4.24. The SMILES string of the molecule is COc1ccc(NC(=O)COC(=O)CCCC(=O)Nc2ccc(Oc3ccccc3Cl)cc2)c(OC)c1. The molecule has 9 nitrogen and oxygen atoms in total. The fourth-order valence-electron chi connectivity index (χ4n) is 3.18. The van der Waals surface area contributed by atoms with Gasteiger partial charge in [0.15, 0.2) is 6.61 Å². The molecule has 37 heavy (non-hydrogen) atoms. The van der Waals surface area contributed by atoms with Crippen LogP contribution in [0.1, 0.15) is 19.3 Å². The minimum atomic E-state index is -0.578. The Balaban J connectivity index is 1.35. The first kappa shape index (κ1) is 27.3. The molecular weight excluding hydrogens is 500 g/mol. The van der Waals surface area contributed by atoms with Gasteiger partial charge in [-0.1, -0.05) is 23.7 Å². The Kier molecular flexibility index (Phi) is 10.2. The molecular formula is C27H27ClN2O7. The number of anilines is 2. The summed E-state index contributed by atoms with van der Waals surface area (Å²) in [5.74, 6) is 0.741. The lowest BCUT2D eigenvalue weighted by Crippen LogP contribution is -2.21. The fourth-order valence-corrected chi connectivity index (χ4v) is 3.36. The zero-order valence-electron chi connectivity index (χ0n) is 20.4. The van der Waals surface area contributed by atoms with Crippen molar-refractivity contribution in [2.45, 2.75) is 19.3 Å². The highest BCUT2D eigenvalue weighted by Crippen LogP contribution is 2.30. The van der Waals surface area contributed by atoms with Gasteiger partial charge in [0, 0.05) is 24.6 Å². The third-order valence-electron chi connectivity index (χ3n) is 5.03. The topological polar surface area (TPSA) is 112 Å². The van der Waals surface area contributed by atoms with Gasteiger partial charge in [-0.05, 0) is 55.0 Å². The molecule has 2 N–H and O–H groups in total. The number of hydrogen-bond acceptors (Lipinski definition) is 7. The largest absolute Gasteiger partial charge is 0.497 e. The Morgan fingerprint density at radius 1 is 0.784 bits per heavy atom. The minimum Gasteiger partial charge on any atom is -0.497 e. The molecule has 0 fully saturated rings. The summed E-state index contributed by atoms with van der Waals surface area (Å²) in [5.41, 5.74) is 1.01. The summed E-state index contributed by atoms with van der Waals surface area (Å²) in [6, 6.07) is 18.9. The third kappa shape index (κ3) is 8.73. The van der Waals surface area contributed by atoms with Crippen molar-refractivity contribution in [3.8, 4) is 23.0 Å². The monoisotopic (exact) mass is 526 g/mol. The van der Waals surface area contributed by atoms with Crippen molar-refractivity contribution >= 4 is 40.8 Å². The number of para-hydroxylation sites is 1. The van der Waals surface area contributed by atoms with Gasteiger partial charge in [0.25, 0.3) is 5.91 Å². The smallest absolute Gasteiger partial charge is 0.306 e. The summed E-state index contributed by atoms with van der Waals surface area (Å²) in [5, 5.41) is 5.87. The summed E-state index contributed by atoms with van der Waals surface area (Å²) in [6.45, 7) is -0.456. The van der Waals surface area contributed by atoms with Gasteiger partial charge < -0.3 is 29.6 Å². The molecule has 0 bridgehead atoms. The maximum absolute atomic E-state index is 12.2. The summed E-state index contributed by atoms with van der Waals surface area (Å²) >= 11 is 6.09. The zero-order chi connectivity index (χ0) is 26.6. The van der Waals surface area contributed by atoms with E-state index < -0.39 is 18.5 Å². The van der Waals surface area contributed by atoms with E-state index in [1.54, 1.807) is 54.6 Å². The van der Waals surface area contributed by atoms with Crippen molar-refractivity contribution in [3.05, 3.63) is 71.8 Å². The van der Waals surface area contributed by atoms with Crippen molar-refractivity contribution in [2.24, 2.45) is 0 Å². The van der Waals surface area contributed by atoms with Crippen LogP contribution in [0, 0.1) is 0 Å². The molecule has 10 heteroatoms. The van der Waals surface area contributed by atoms with Crippen LogP contribution >= 0.6 is 11.6 Å². The molecule has 0 aromatic heterocycles. The van der Waals surface area contributed by atoms with Gasteiger partial charge >= 0.3 is 5.97 Å². The second-order valence-corrected chi connectivity index (χ2v) is 8.14. The molecule has 3 aromatic carbocycles. The summed E-state index contributed by atoms with van der Waals surface area (Å²) in [6.07, 6.45) is 0.381. The van der Waals surface area contributed by atoms with E-state index in [0.29, 0.717) is 39.4 Å². The lowest BCUT2D eigenvalue weighted by atomic mass is 10.2. The number of carbonyl (C=O) groups excluding carboxylic acids is 3. The number of rotatable bonds is 12. The highest BCUT2D eigenvalue weighted by atomic mass is 35.5. The highest BCUT2D eigenvalue weighted by molar-refractivity contribution is 6.32. The lowest BCUT2D eigenvalue weighted by Gasteiger charge is -2.12. The van der Waals surface area contributed by atoms with E-state index >= 15 is 0 Å². The molecule has 0 atom stereocenters. The number of carbonyl (C=O) groups is 3. The van der Waals surface area contributed by atoms with Crippen molar-refractivity contribution < 1.29 is 33.3 Å². The molecule has 3 rings (SSSR count). The van der Waals surface area contributed by atoms with E-state index in [0.717, 1.165) is 0 Å². The van der Waals surface area contributed by atoms with Gasteiger partial charge in [0.2, 0.25) is 5.91 Å². The van der Waals surface area contributed by atoms with Crippen LogP contribution in [0.25, 0.3) is 0 Å². The van der Waals surface area contributed by atoms with E-state index in [4.69, 9.17) is 30.5 Å². The fraction of sp³-hybridized carbons (Fsp3) is 0.222. The molecule has 0 heterocycles. The molecule has 2 amide bonds. The molecule has 3 aromatic rings. The maximum atomic E-state index is 12.2. The maximum Gasteiger partial charge on any atom is 0.306 e. The first-order chi connectivity index (χ1) is 17.9. The van der Waals surface area contributed by atoms with E-state index in [9.17, 15) is 14.4 Å². The van der Waals surface area contributed by atoms with Crippen LogP contribution in [0.2, 0.25) is 5.02 Å². The first-order valence-electron chi connectivity index (χ1n) is 11.4. The van der Waals surface area contributed by atoms with E-state index in [2.05, 4.69) is 10.6 Å². The molecule has 0 aliphatic heterocycles. The average Bonchev–Trinajstić information content (AvgIpc) is 2.90. The van der Waals surface area contributed by atoms with Crippen LogP contribution in [-0.2, 0) is 19.1 Å². The van der Waals surface area contributed by atoms with Gasteiger partial charge in [0.1, 0.15) is 23.0 Å². The number of benzene rings is 3. The molecule has 0 spiro atoms. The number of halogens is 1. The second-order valence-electron chi connectivity index (χ2n) is 7.73. The number of amides is 2. The Labute approximate surface area is 219 Å². The Morgan fingerprint density at radius 3 is 2.22 bits per heavy atom. The highest BCUT2D eigenvalue weighted by Gasteiger charge is 2.12. The van der Waals surface area contributed by atoms with Gasteiger partial charge in [-0.2, -0.15) is 0 Å². The summed E-state index contributed by atoms with van der Waals surface area (Å²) in [4.78, 5) is 36.3. The van der Waals surface area contributed by atoms with Crippen molar-refractivity contribution in [2.75, 3.05) is 31.5 Å². The molecule has 0 saturated carbocycles. The molecule has 0 aliphatic rings. The van der Waals surface area contributed by atoms with E-state index in [1.165, 1.54) is 14.2 Å². The summed E-state index contributed by atoms with van der Waals surface area (Å²) < 4.78 is 21.0. The molecule has 0 radical (unpaired) electrons. The number of ether oxygens (including phenoxy) is 4. The molecule has 0 unspecified atom stereocenters. The Bertz CT molecular complexity index is 1230. The minimum absolute atomic E-state index is 0.00281. The van der Waals surface area contributed by atoms with E-state index in [1.807, 2.05) is 12.1 Å². The number of methoxy groups -OCH3 is 2. The molecule has 0 aliphatic carbocycles. The number of esters is 1. The Morgan fingerprint density at radius 2 is 1.51 bits per heavy atom. The second kappa shape index (κ2) is 13.7. The van der Waals surface area contributed by atoms with Crippen LogP contribution in [-0.4, -0.2) is 38.6 Å². The van der Waals surface area contributed by atoms with E-state index in [-0.39, 0.29) is 25.2 Å². The van der Waals surface area contributed by atoms with Gasteiger partial charge in [-0.25, -0.2) is 0 Å². The van der Waals surface area contributed by atoms with Crippen molar-refractivity contribution in [1.29, 1.82) is 0 Å². The zero-order valence-corrected chi connectivity index (χ0v) is 21.2. The summed E-state index contributed by atoms with van der Waals surface area (Å²) in [7, 11) is 2.99. The van der Waals surface area contributed by atoms with Gasteiger partial charge in [-0.15, -0.1) is 0 Å². The van der Waals surface area contributed by atoms with Crippen LogP contribution in [0.4, 0.5) is 11.4 Å². The van der Waals surface area contributed by atoms with Crippen molar-refractivity contribution in [3.63, 3.8) is 0 Å².